The first-order chi connectivity index (χ1) is 14.4. The molecule has 7 nitrogen and oxygen atoms in total. The number of carbonyl (C=O) groups excluding carboxylic acids is 1. The van der Waals surface area contributed by atoms with Crippen LogP contribution in [-0.2, 0) is 11.5 Å². The van der Waals surface area contributed by atoms with Crippen molar-refractivity contribution in [2.24, 2.45) is 0 Å². The number of nitrogens with one attached hydrogen (secondary N) is 2. The van der Waals surface area contributed by atoms with E-state index in [9.17, 15) is 9.18 Å². The number of para-hydroxylation sites is 1. The topological polar surface area (TPSA) is 71.4 Å². The highest BCUT2D eigenvalue weighted by molar-refractivity contribution is 7.73. The Morgan fingerprint density at radius 1 is 1.33 bits per heavy atom. The van der Waals surface area contributed by atoms with Crippen LogP contribution in [0.3, 0.4) is 0 Å². The molecule has 0 spiro atoms. The lowest BCUT2D eigenvalue weighted by atomic mass is 10.3. The lowest BCUT2D eigenvalue weighted by Crippen LogP contribution is -2.32. The summed E-state index contributed by atoms with van der Waals surface area (Å²) in [7, 11) is 3.28. The molecule has 0 unspecified atom stereocenters. The first-order valence-electron chi connectivity index (χ1n) is 8.77. The number of rotatable bonds is 8. The normalized spacial score (nSPS) is 10.8. The number of carbonyl (C=O) groups is 1. The smallest absolute Gasteiger partial charge is 0.238 e. The number of anilines is 3. The molecular weight excluding hydrogens is 449 g/mol. The third-order valence-electron chi connectivity index (χ3n) is 3.95. The van der Waals surface area contributed by atoms with Crippen LogP contribution in [0.4, 0.5) is 20.9 Å². The van der Waals surface area contributed by atoms with Crippen LogP contribution in [0.15, 0.2) is 42.5 Å². The van der Waals surface area contributed by atoms with Gasteiger partial charge < -0.3 is 15.4 Å². The van der Waals surface area contributed by atoms with Crippen LogP contribution < -0.4 is 15.4 Å². The van der Waals surface area contributed by atoms with Gasteiger partial charge in [-0.3, -0.25) is 9.69 Å². The van der Waals surface area contributed by atoms with Crippen LogP contribution in [0.25, 0.3) is 0 Å². The van der Waals surface area contributed by atoms with Gasteiger partial charge in [-0.05, 0) is 49.6 Å². The molecule has 0 fully saturated rings. The first kappa shape index (κ1) is 22.2. The van der Waals surface area contributed by atoms with E-state index >= 15 is 0 Å². The molecule has 30 heavy (non-hydrogen) atoms. The Bertz CT molecular complexity index is 1100. The van der Waals surface area contributed by atoms with Crippen LogP contribution in [0.5, 0.6) is 5.75 Å². The Kier molecular flexibility index (Phi) is 7.38. The van der Waals surface area contributed by atoms with Gasteiger partial charge in [0.15, 0.2) is 3.95 Å². The number of ether oxygens (including phenoxy) is 1. The molecule has 0 atom stereocenters. The molecule has 1 amide bonds. The van der Waals surface area contributed by atoms with E-state index < -0.39 is 0 Å². The van der Waals surface area contributed by atoms with Gasteiger partial charge in [0, 0.05) is 5.02 Å². The zero-order chi connectivity index (χ0) is 21.7. The molecule has 1 aromatic heterocycles. The maximum absolute atomic E-state index is 13.8. The van der Waals surface area contributed by atoms with Crippen molar-refractivity contribution < 1.29 is 13.9 Å². The SMILES string of the molecule is COc1ccc(Cl)cc1NC(=O)CN(C)Cn1nc(Nc2ccccc2F)sc1=S. The number of likely N-dealkylation sites (N-methyl/N-ethyl adjacent to an activating group) is 1. The van der Waals surface area contributed by atoms with Crippen LogP contribution in [-0.4, -0.2) is 41.3 Å². The molecule has 3 rings (SSSR count). The van der Waals surface area contributed by atoms with Crippen molar-refractivity contribution in [1.29, 1.82) is 0 Å². The van der Waals surface area contributed by atoms with E-state index in [4.69, 9.17) is 28.6 Å². The van der Waals surface area contributed by atoms with E-state index in [1.807, 2.05) is 0 Å². The zero-order valence-electron chi connectivity index (χ0n) is 16.2. The molecule has 0 bridgehead atoms. The third-order valence-corrected chi connectivity index (χ3v) is 5.40. The molecule has 0 aliphatic carbocycles. The summed E-state index contributed by atoms with van der Waals surface area (Å²) in [4.78, 5) is 14.1. The number of aromatic nitrogens is 2. The van der Waals surface area contributed by atoms with Gasteiger partial charge in [-0.25, -0.2) is 9.07 Å². The van der Waals surface area contributed by atoms with Crippen molar-refractivity contribution in [3.63, 3.8) is 0 Å². The predicted molar refractivity (Wildman–Crippen MR) is 120 cm³/mol. The molecular formula is C19H19ClFN5O2S2. The quantitative estimate of drug-likeness (QED) is 0.466. The maximum Gasteiger partial charge on any atom is 0.238 e. The second-order valence-electron chi connectivity index (χ2n) is 6.33. The summed E-state index contributed by atoms with van der Waals surface area (Å²) < 4.78 is 21.1. The fourth-order valence-electron chi connectivity index (χ4n) is 2.62. The highest BCUT2D eigenvalue weighted by Crippen LogP contribution is 2.27. The van der Waals surface area contributed by atoms with Gasteiger partial charge in [0.2, 0.25) is 11.0 Å². The highest BCUT2D eigenvalue weighted by atomic mass is 35.5. The van der Waals surface area contributed by atoms with Gasteiger partial charge in [0.1, 0.15) is 11.6 Å². The second-order valence-corrected chi connectivity index (χ2v) is 8.38. The van der Waals surface area contributed by atoms with Crippen LogP contribution >= 0.6 is 35.2 Å². The van der Waals surface area contributed by atoms with Crippen molar-refractivity contribution in [2.45, 2.75) is 6.67 Å². The van der Waals surface area contributed by atoms with E-state index in [0.29, 0.717) is 31.2 Å². The number of hydrogen-bond donors (Lipinski definition) is 2. The molecule has 3 aromatic rings. The zero-order valence-corrected chi connectivity index (χ0v) is 18.6. The Hall–Kier alpha value is -2.53. The van der Waals surface area contributed by atoms with Gasteiger partial charge in [0.05, 0.1) is 31.7 Å². The summed E-state index contributed by atoms with van der Waals surface area (Å²) in [5, 5.41) is 11.0. The minimum absolute atomic E-state index is 0.0883. The minimum atomic E-state index is -0.379. The number of halogens is 2. The lowest BCUT2D eigenvalue weighted by Gasteiger charge is -2.17. The van der Waals surface area contributed by atoms with Gasteiger partial charge >= 0.3 is 0 Å². The summed E-state index contributed by atoms with van der Waals surface area (Å²) >= 11 is 12.5. The van der Waals surface area contributed by atoms with Crippen molar-refractivity contribution >= 4 is 57.6 Å². The molecule has 0 saturated heterocycles. The molecule has 1 heterocycles. The summed E-state index contributed by atoms with van der Waals surface area (Å²) in [5.74, 6) is -0.110. The molecule has 0 radical (unpaired) electrons. The molecule has 0 aliphatic heterocycles. The first-order valence-corrected chi connectivity index (χ1v) is 10.4. The summed E-state index contributed by atoms with van der Waals surface area (Å²) in [6.45, 7) is 0.374. The van der Waals surface area contributed by atoms with Gasteiger partial charge in [0.25, 0.3) is 0 Å². The minimum Gasteiger partial charge on any atom is -0.495 e. The lowest BCUT2D eigenvalue weighted by molar-refractivity contribution is -0.117. The van der Waals surface area contributed by atoms with E-state index in [0.717, 1.165) is 0 Å². The third kappa shape index (κ3) is 5.76. The van der Waals surface area contributed by atoms with Gasteiger partial charge in [-0.15, -0.1) is 5.10 Å². The summed E-state index contributed by atoms with van der Waals surface area (Å²) in [6.07, 6.45) is 0. The van der Waals surface area contributed by atoms with Crippen LogP contribution in [0.2, 0.25) is 5.02 Å². The van der Waals surface area contributed by atoms with E-state index in [2.05, 4.69) is 15.7 Å². The second kappa shape index (κ2) is 9.98. The monoisotopic (exact) mass is 467 g/mol. The largest absolute Gasteiger partial charge is 0.495 e. The maximum atomic E-state index is 13.8. The Balaban J connectivity index is 1.61. The van der Waals surface area contributed by atoms with Crippen molar-refractivity contribution in [1.82, 2.24) is 14.7 Å². The molecule has 11 heteroatoms. The van der Waals surface area contributed by atoms with Crippen LogP contribution in [0, 0.1) is 9.77 Å². The number of methoxy groups -OCH3 is 1. The molecule has 2 aromatic carbocycles. The van der Waals surface area contributed by atoms with Gasteiger partial charge in [-0.2, -0.15) is 0 Å². The number of hydrogen-bond acceptors (Lipinski definition) is 7. The Labute approximate surface area is 187 Å². The average molecular weight is 468 g/mol. The Morgan fingerprint density at radius 3 is 2.83 bits per heavy atom. The van der Waals surface area contributed by atoms with E-state index in [-0.39, 0.29) is 24.9 Å². The van der Waals surface area contributed by atoms with Gasteiger partial charge in [-0.1, -0.05) is 35.1 Å². The van der Waals surface area contributed by atoms with E-state index in [1.54, 1.807) is 53.0 Å². The molecule has 2 N–H and O–H groups in total. The number of amides is 1. The van der Waals surface area contributed by atoms with Crippen molar-refractivity contribution in [2.75, 3.05) is 31.3 Å². The fraction of sp³-hybridized carbons (Fsp3) is 0.211. The number of benzene rings is 2. The molecule has 0 saturated carbocycles. The average Bonchev–Trinajstić information content (AvgIpc) is 3.02. The molecule has 158 valence electrons. The standard InChI is InChI=1S/C19H19ClFN5O2S2/c1-25(10-17(27)22-15-9-12(20)7-8-16(15)28-2)11-26-19(29)30-18(24-26)23-14-6-4-3-5-13(14)21/h3-9H,10-11H2,1-2H3,(H,22,27)(H,23,24). The van der Waals surface area contributed by atoms with Crippen molar-refractivity contribution in [3.8, 4) is 5.75 Å². The predicted octanol–water partition coefficient (Wildman–Crippen LogP) is 4.75. The number of nitrogens with zero attached hydrogens (tertiary/aromatic N) is 3. The summed E-state index contributed by atoms with van der Waals surface area (Å²) in [5.41, 5.74) is 0.807. The van der Waals surface area contributed by atoms with E-state index in [1.165, 1.54) is 24.5 Å². The fourth-order valence-corrected chi connectivity index (χ4v) is 3.79. The summed E-state index contributed by atoms with van der Waals surface area (Å²) in [6, 6.07) is 11.3. The van der Waals surface area contributed by atoms with Crippen LogP contribution in [0.1, 0.15) is 0 Å². The molecule has 0 aliphatic rings. The van der Waals surface area contributed by atoms with Crippen molar-refractivity contribution in [3.05, 3.63) is 57.3 Å². The Morgan fingerprint density at radius 2 is 2.10 bits per heavy atom. The highest BCUT2D eigenvalue weighted by Gasteiger charge is 2.13.